The van der Waals surface area contributed by atoms with Gasteiger partial charge in [-0.1, -0.05) is 30.3 Å². The Morgan fingerprint density at radius 2 is 1.83 bits per heavy atom. The van der Waals surface area contributed by atoms with Crippen LogP contribution in [-0.2, 0) is 14.3 Å². The van der Waals surface area contributed by atoms with Crippen molar-refractivity contribution in [1.82, 2.24) is 5.32 Å². The summed E-state index contributed by atoms with van der Waals surface area (Å²) in [5, 5.41) is 13.3. The number of rotatable bonds is 3. The number of hydrogen-bond acceptors (Lipinski definition) is 6. The van der Waals surface area contributed by atoms with Crippen molar-refractivity contribution in [3.05, 3.63) is 42.0 Å². The Morgan fingerprint density at radius 1 is 1.13 bits per heavy atom. The van der Waals surface area contributed by atoms with Gasteiger partial charge in [-0.2, -0.15) is 0 Å². The highest BCUT2D eigenvalue weighted by molar-refractivity contribution is 6.02. The number of carbonyl (C=O) groups is 3. The predicted molar refractivity (Wildman–Crippen MR) is 81.0 cm³/mol. The highest BCUT2D eigenvalue weighted by atomic mass is 16.6. The minimum absolute atomic E-state index is 0.0681. The molecule has 0 radical (unpaired) electrons. The van der Waals surface area contributed by atoms with Gasteiger partial charge >= 0.3 is 12.1 Å². The zero-order valence-electron chi connectivity index (χ0n) is 12.5. The highest BCUT2D eigenvalue weighted by Crippen LogP contribution is 2.29. The van der Waals surface area contributed by atoms with Crippen molar-refractivity contribution >= 4 is 28.7 Å². The number of methoxy groups -OCH3 is 1. The molecule has 0 saturated heterocycles. The molecule has 0 aliphatic heterocycles. The number of alkyl carbamates (subject to hydrolysis) is 1. The lowest BCUT2D eigenvalue weighted by Crippen LogP contribution is -2.39. The Balaban J connectivity index is 2.16. The topological polar surface area (TPSA) is 102 Å². The van der Waals surface area contributed by atoms with Crippen molar-refractivity contribution in [2.45, 2.75) is 13.0 Å². The summed E-state index contributed by atoms with van der Waals surface area (Å²) < 4.78 is 9.23. The average Bonchev–Trinajstić information content (AvgIpc) is 2.54. The number of phenols is 1. The summed E-state index contributed by atoms with van der Waals surface area (Å²) in [5.41, 5.74) is -0.0681. The van der Waals surface area contributed by atoms with E-state index in [1.54, 1.807) is 30.3 Å². The third-order valence-corrected chi connectivity index (χ3v) is 3.18. The lowest BCUT2D eigenvalue weighted by molar-refractivity contribution is -0.128. The quantitative estimate of drug-likeness (QED) is 0.839. The first-order chi connectivity index (χ1) is 10.9. The van der Waals surface area contributed by atoms with Crippen LogP contribution >= 0.6 is 0 Å². The Morgan fingerprint density at radius 3 is 2.52 bits per heavy atom. The lowest BCUT2D eigenvalue weighted by Gasteiger charge is -2.13. The third-order valence-electron chi connectivity index (χ3n) is 3.18. The summed E-state index contributed by atoms with van der Waals surface area (Å²) in [7, 11) is 1.10. The molecule has 0 saturated carbocycles. The summed E-state index contributed by atoms with van der Waals surface area (Å²) in [6.45, 7) is 1.30. The fraction of sp³-hybridized carbons (Fsp3) is 0.188. The molecule has 0 heterocycles. The van der Waals surface area contributed by atoms with Crippen LogP contribution in [-0.4, -0.2) is 36.3 Å². The van der Waals surface area contributed by atoms with Crippen LogP contribution in [0.15, 0.2) is 36.4 Å². The van der Waals surface area contributed by atoms with E-state index in [9.17, 15) is 19.5 Å². The van der Waals surface area contributed by atoms with Crippen LogP contribution < -0.4 is 5.32 Å². The summed E-state index contributed by atoms with van der Waals surface area (Å²) >= 11 is 0. The normalized spacial score (nSPS) is 11.6. The molecular weight excluding hydrogens is 302 g/mol. The number of hydrogen-bond donors (Lipinski definition) is 2. The predicted octanol–water partition coefficient (Wildman–Crippen LogP) is 1.97. The molecule has 0 bridgehead atoms. The van der Waals surface area contributed by atoms with Crippen molar-refractivity contribution in [2.24, 2.45) is 0 Å². The smallest absolute Gasteiger partial charge is 0.413 e. The first kappa shape index (κ1) is 16.3. The maximum atomic E-state index is 12.1. The van der Waals surface area contributed by atoms with Gasteiger partial charge in [-0.05, 0) is 18.4 Å². The Bertz CT molecular complexity index is 770. The van der Waals surface area contributed by atoms with Gasteiger partial charge in [0, 0.05) is 5.39 Å². The molecule has 2 aromatic carbocycles. The van der Waals surface area contributed by atoms with Gasteiger partial charge in [-0.15, -0.1) is 0 Å². The molecule has 0 unspecified atom stereocenters. The first-order valence-corrected chi connectivity index (χ1v) is 6.74. The van der Waals surface area contributed by atoms with Crippen molar-refractivity contribution < 1.29 is 29.0 Å². The fourth-order valence-electron chi connectivity index (χ4n) is 1.95. The fourth-order valence-corrected chi connectivity index (χ4v) is 1.95. The van der Waals surface area contributed by atoms with Crippen molar-refractivity contribution in [1.29, 1.82) is 0 Å². The molecule has 1 atom stereocenters. The molecule has 0 aliphatic carbocycles. The van der Waals surface area contributed by atoms with E-state index < -0.39 is 24.1 Å². The van der Waals surface area contributed by atoms with Crippen molar-refractivity contribution in [3.63, 3.8) is 0 Å². The SMILES string of the molecule is COC(=O)NC(=O)[C@@H](C)OC(=O)c1ccc2ccccc2c1O. The van der Waals surface area contributed by atoms with Crippen LogP contribution in [0.25, 0.3) is 10.8 Å². The van der Waals surface area contributed by atoms with E-state index >= 15 is 0 Å². The summed E-state index contributed by atoms with van der Waals surface area (Å²) in [5.74, 6) is -1.93. The number of imide groups is 1. The van der Waals surface area contributed by atoms with Crippen LogP contribution in [0.4, 0.5) is 4.79 Å². The molecule has 120 valence electrons. The number of amides is 2. The monoisotopic (exact) mass is 317 g/mol. The third kappa shape index (κ3) is 3.57. The Labute approximate surface area is 131 Å². The van der Waals surface area contributed by atoms with Crippen LogP contribution in [0.2, 0.25) is 0 Å². The van der Waals surface area contributed by atoms with Crippen molar-refractivity contribution in [3.8, 4) is 5.75 Å². The zero-order chi connectivity index (χ0) is 17.0. The van der Waals surface area contributed by atoms with E-state index in [0.717, 1.165) is 12.5 Å². The van der Waals surface area contributed by atoms with Gasteiger partial charge in [0.15, 0.2) is 6.10 Å². The second kappa shape index (κ2) is 6.78. The number of carbonyl (C=O) groups excluding carboxylic acids is 3. The Hall–Kier alpha value is -3.09. The molecule has 2 aromatic rings. The van der Waals surface area contributed by atoms with Gasteiger partial charge in [-0.3, -0.25) is 10.1 Å². The van der Waals surface area contributed by atoms with E-state index in [1.165, 1.54) is 13.0 Å². The largest absolute Gasteiger partial charge is 0.506 e. The molecule has 0 aliphatic rings. The van der Waals surface area contributed by atoms with Crippen LogP contribution in [0.1, 0.15) is 17.3 Å². The van der Waals surface area contributed by atoms with E-state index in [0.29, 0.717) is 5.39 Å². The van der Waals surface area contributed by atoms with Crippen LogP contribution in [0, 0.1) is 0 Å². The minimum atomic E-state index is -1.23. The second-order valence-electron chi connectivity index (χ2n) is 4.71. The zero-order valence-corrected chi connectivity index (χ0v) is 12.5. The number of esters is 1. The van der Waals surface area contributed by atoms with Gasteiger partial charge < -0.3 is 14.6 Å². The summed E-state index contributed by atoms with van der Waals surface area (Å²) in [6, 6.07) is 10.0. The van der Waals surface area contributed by atoms with Crippen molar-refractivity contribution in [2.75, 3.05) is 7.11 Å². The molecule has 2 amide bonds. The molecule has 0 aromatic heterocycles. The number of nitrogens with one attached hydrogen (secondary N) is 1. The molecular formula is C16H15NO6. The van der Waals surface area contributed by atoms with E-state index in [4.69, 9.17) is 4.74 Å². The van der Waals surface area contributed by atoms with E-state index in [2.05, 4.69) is 4.74 Å². The molecule has 7 nitrogen and oxygen atoms in total. The first-order valence-electron chi connectivity index (χ1n) is 6.74. The second-order valence-corrected chi connectivity index (χ2v) is 4.71. The number of phenolic OH excluding ortho intramolecular Hbond substituents is 1. The van der Waals surface area contributed by atoms with Gasteiger partial charge in [0.05, 0.1) is 7.11 Å². The van der Waals surface area contributed by atoms with E-state index in [1.807, 2.05) is 5.32 Å². The van der Waals surface area contributed by atoms with Crippen LogP contribution in [0.3, 0.4) is 0 Å². The van der Waals surface area contributed by atoms with Gasteiger partial charge in [-0.25, -0.2) is 9.59 Å². The van der Waals surface area contributed by atoms with Gasteiger partial charge in [0.2, 0.25) is 0 Å². The maximum absolute atomic E-state index is 12.1. The molecule has 2 rings (SSSR count). The molecule has 0 spiro atoms. The molecule has 2 N–H and O–H groups in total. The summed E-state index contributed by atoms with van der Waals surface area (Å²) in [6.07, 6.45) is -2.18. The van der Waals surface area contributed by atoms with Gasteiger partial charge in [0.1, 0.15) is 11.3 Å². The minimum Gasteiger partial charge on any atom is -0.506 e. The average molecular weight is 317 g/mol. The number of aromatic hydroxyl groups is 1. The number of ether oxygens (including phenoxy) is 2. The van der Waals surface area contributed by atoms with Crippen LogP contribution in [0.5, 0.6) is 5.75 Å². The number of benzene rings is 2. The maximum Gasteiger partial charge on any atom is 0.413 e. The highest BCUT2D eigenvalue weighted by Gasteiger charge is 2.23. The number of fused-ring (bicyclic) bond motifs is 1. The Kier molecular flexibility index (Phi) is 4.80. The summed E-state index contributed by atoms with van der Waals surface area (Å²) in [4.78, 5) is 34.7. The molecule has 23 heavy (non-hydrogen) atoms. The van der Waals surface area contributed by atoms with Gasteiger partial charge in [0.25, 0.3) is 5.91 Å². The molecule has 7 heteroatoms. The molecule has 0 fully saturated rings. The van der Waals surface area contributed by atoms with E-state index in [-0.39, 0.29) is 11.3 Å². The lowest BCUT2D eigenvalue weighted by atomic mass is 10.1. The standard InChI is InChI=1S/C16H15NO6/c1-9(14(19)17-16(21)22-2)23-15(20)12-8-7-10-5-3-4-6-11(10)13(12)18/h3-9,18H,1-2H3,(H,17,19,21)/t9-/m1/s1.